The van der Waals surface area contributed by atoms with Gasteiger partial charge in [-0.1, -0.05) is 37.3 Å². The Bertz CT molecular complexity index is 859. The number of carbonyl (C=O) groups is 2. The maximum Gasteiger partial charge on any atom is 0.305 e. The molecule has 0 N–H and O–H groups in total. The zero-order valence-corrected chi connectivity index (χ0v) is 22.0. The molecule has 1 saturated heterocycles. The van der Waals surface area contributed by atoms with Gasteiger partial charge in [0.15, 0.2) is 11.5 Å². The molecule has 176 valence electrons. The Kier molecular flexibility index (Phi) is 11.5. The number of carbonyl (C=O) groups excluding carboxylic acids is 2. The van der Waals surface area contributed by atoms with E-state index in [4.69, 9.17) is 26.4 Å². The van der Waals surface area contributed by atoms with Crippen molar-refractivity contribution in [2.24, 2.45) is 0 Å². The summed E-state index contributed by atoms with van der Waals surface area (Å²) in [7, 11) is 0. The van der Waals surface area contributed by atoms with E-state index in [1.54, 1.807) is 11.8 Å². The van der Waals surface area contributed by atoms with Crippen molar-refractivity contribution in [1.82, 2.24) is 4.90 Å². The van der Waals surface area contributed by atoms with Crippen molar-refractivity contribution in [3.05, 3.63) is 27.1 Å². The van der Waals surface area contributed by atoms with Crippen LogP contribution in [0, 0.1) is 0 Å². The molecular formula is C23H30BrNO5S2. The molecule has 1 aliphatic heterocycles. The summed E-state index contributed by atoms with van der Waals surface area (Å²) in [5.74, 6) is 1.04. The van der Waals surface area contributed by atoms with E-state index in [0.717, 1.165) is 35.7 Å². The molecule has 1 amide bonds. The van der Waals surface area contributed by atoms with Crippen LogP contribution in [0.15, 0.2) is 21.5 Å². The maximum absolute atomic E-state index is 12.9. The third-order valence-electron chi connectivity index (χ3n) is 4.52. The molecule has 0 saturated carbocycles. The van der Waals surface area contributed by atoms with Gasteiger partial charge in [0, 0.05) is 13.0 Å². The minimum Gasteiger partial charge on any atom is -0.490 e. The molecule has 32 heavy (non-hydrogen) atoms. The highest BCUT2D eigenvalue weighted by Gasteiger charge is 2.31. The summed E-state index contributed by atoms with van der Waals surface area (Å²) in [5.41, 5.74) is 0.833. The van der Waals surface area contributed by atoms with Crippen LogP contribution >= 0.6 is 39.9 Å². The van der Waals surface area contributed by atoms with Crippen LogP contribution in [0.2, 0.25) is 0 Å². The van der Waals surface area contributed by atoms with Crippen molar-refractivity contribution in [1.29, 1.82) is 0 Å². The van der Waals surface area contributed by atoms with Gasteiger partial charge < -0.3 is 14.2 Å². The normalized spacial score (nSPS) is 14.9. The van der Waals surface area contributed by atoms with Gasteiger partial charge in [-0.15, -0.1) is 0 Å². The van der Waals surface area contributed by atoms with Gasteiger partial charge in [0.05, 0.1) is 29.2 Å². The Hall–Kier alpha value is -1.58. The summed E-state index contributed by atoms with van der Waals surface area (Å²) in [6, 6.07) is 3.79. The zero-order valence-electron chi connectivity index (χ0n) is 18.8. The molecule has 0 spiro atoms. The van der Waals surface area contributed by atoms with Crippen LogP contribution in [0.5, 0.6) is 11.5 Å². The monoisotopic (exact) mass is 543 g/mol. The molecule has 9 heteroatoms. The lowest BCUT2D eigenvalue weighted by Crippen LogP contribution is -2.29. The Morgan fingerprint density at radius 3 is 2.62 bits per heavy atom. The van der Waals surface area contributed by atoms with E-state index < -0.39 is 0 Å². The highest BCUT2D eigenvalue weighted by Crippen LogP contribution is 2.39. The second-order valence-corrected chi connectivity index (χ2v) is 9.59. The Morgan fingerprint density at radius 1 is 1.16 bits per heavy atom. The van der Waals surface area contributed by atoms with Crippen LogP contribution in [0.3, 0.4) is 0 Å². The molecule has 0 bridgehead atoms. The summed E-state index contributed by atoms with van der Waals surface area (Å²) >= 11 is 10.3. The number of benzene rings is 1. The van der Waals surface area contributed by atoms with Gasteiger partial charge in [-0.3, -0.25) is 14.5 Å². The average molecular weight is 545 g/mol. The third kappa shape index (κ3) is 7.78. The lowest BCUT2D eigenvalue weighted by molar-refractivity contribution is -0.143. The summed E-state index contributed by atoms with van der Waals surface area (Å²) < 4.78 is 17.8. The van der Waals surface area contributed by atoms with E-state index in [-0.39, 0.29) is 11.9 Å². The van der Waals surface area contributed by atoms with E-state index in [1.165, 1.54) is 11.8 Å². The standard InChI is InChI=1S/C23H30BrNO5S2/c1-4-12-30-21-17(24)13-16(14-18(21)28-5-2)15-19-22(27)25(23(31)32-19)11-9-7-8-10-20(26)29-6-3/h13-15H,4-12H2,1-3H3/b19-15-. The number of thiocarbonyl (C=S) groups is 1. The van der Waals surface area contributed by atoms with Gasteiger partial charge in [-0.25, -0.2) is 0 Å². The van der Waals surface area contributed by atoms with Gasteiger partial charge in [0.2, 0.25) is 0 Å². The number of ether oxygens (including phenoxy) is 3. The second kappa shape index (κ2) is 13.9. The maximum atomic E-state index is 12.9. The fourth-order valence-corrected chi connectivity index (χ4v) is 4.95. The highest BCUT2D eigenvalue weighted by molar-refractivity contribution is 9.10. The van der Waals surface area contributed by atoms with Crippen molar-refractivity contribution >= 4 is 62.2 Å². The van der Waals surface area contributed by atoms with Gasteiger partial charge in [0.1, 0.15) is 4.32 Å². The molecule has 0 aromatic heterocycles. The zero-order chi connectivity index (χ0) is 23.5. The van der Waals surface area contributed by atoms with Crippen LogP contribution in [0.25, 0.3) is 6.08 Å². The summed E-state index contributed by atoms with van der Waals surface area (Å²) in [5, 5.41) is 0. The summed E-state index contributed by atoms with van der Waals surface area (Å²) in [4.78, 5) is 26.5. The van der Waals surface area contributed by atoms with Crippen molar-refractivity contribution in [3.8, 4) is 11.5 Å². The molecule has 0 radical (unpaired) electrons. The molecule has 1 fully saturated rings. The number of halogens is 1. The lowest BCUT2D eigenvalue weighted by atomic mass is 10.1. The Morgan fingerprint density at radius 2 is 1.94 bits per heavy atom. The average Bonchev–Trinajstić information content (AvgIpc) is 3.00. The van der Waals surface area contributed by atoms with Crippen molar-refractivity contribution in [3.63, 3.8) is 0 Å². The van der Waals surface area contributed by atoms with E-state index in [9.17, 15) is 9.59 Å². The predicted molar refractivity (Wildman–Crippen MR) is 136 cm³/mol. The number of unbranched alkanes of at least 4 members (excludes halogenated alkanes) is 2. The first-order valence-corrected chi connectivity index (χ1v) is 12.9. The second-order valence-electron chi connectivity index (χ2n) is 7.06. The smallest absolute Gasteiger partial charge is 0.305 e. The Balaban J connectivity index is 2.03. The van der Waals surface area contributed by atoms with E-state index in [0.29, 0.717) is 53.5 Å². The first kappa shape index (κ1) is 26.7. The number of hydrogen-bond donors (Lipinski definition) is 0. The molecule has 0 atom stereocenters. The topological polar surface area (TPSA) is 65.1 Å². The van der Waals surface area contributed by atoms with Crippen LogP contribution in [0.1, 0.15) is 58.4 Å². The van der Waals surface area contributed by atoms with Gasteiger partial charge in [0.25, 0.3) is 5.91 Å². The number of amides is 1. The fraction of sp³-hybridized carbons (Fsp3) is 0.522. The van der Waals surface area contributed by atoms with Crippen molar-refractivity contribution < 1.29 is 23.8 Å². The van der Waals surface area contributed by atoms with Gasteiger partial charge >= 0.3 is 5.97 Å². The number of thioether (sulfide) groups is 1. The first-order chi connectivity index (χ1) is 15.4. The molecule has 6 nitrogen and oxygen atoms in total. The molecule has 1 aliphatic rings. The van der Waals surface area contributed by atoms with Crippen LogP contribution in [-0.4, -0.2) is 47.5 Å². The molecule has 1 aromatic carbocycles. The minimum atomic E-state index is -0.176. The number of esters is 1. The molecule has 0 unspecified atom stereocenters. The third-order valence-corrected chi connectivity index (χ3v) is 6.49. The number of rotatable bonds is 13. The lowest BCUT2D eigenvalue weighted by Gasteiger charge is -2.15. The molecular weight excluding hydrogens is 514 g/mol. The summed E-state index contributed by atoms with van der Waals surface area (Å²) in [6.45, 7) is 7.81. The van der Waals surface area contributed by atoms with Crippen LogP contribution in [0.4, 0.5) is 0 Å². The molecule has 0 aliphatic carbocycles. The van der Waals surface area contributed by atoms with Crippen LogP contribution in [-0.2, 0) is 14.3 Å². The molecule has 1 heterocycles. The minimum absolute atomic E-state index is 0.0919. The largest absolute Gasteiger partial charge is 0.490 e. The Labute approximate surface area is 208 Å². The van der Waals surface area contributed by atoms with Gasteiger partial charge in [-0.2, -0.15) is 0 Å². The highest BCUT2D eigenvalue weighted by atomic mass is 79.9. The quantitative estimate of drug-likeness (QED) is 0.131. The first-order valence-electron chi connectivity index (χ1n) is 10.9. The SMILES string of the molecule is CCCOc1c(Br)cc(/C=C2\SC(=S)N(CCCCCC(=O)OCC)C2=O)cc1OCC. The fourth-order valence-electron chi connectivity index (χ4n) is 3.07. The number of nitrogens with zero attached hydrogens (tertiary/aromatic N) is 1. The van der Waals surface area contributed by atoms with E-state index in [2.05, 4.69) is 15.9 Å². The van der Waals surface area contributed by atoms with Crippen LogP contribution < -0.4 is 9.47 Å². The summed E-state index contributed by atoms with van der Waals surface area (Å²) in [6.07, 6.45) is 5.48. The van der Waals surface area contributed by atoms with E-state index >= 15 is 0 Å². The predicted octanol–water partition coefficient (Wildman–Crippen LogP) is 5.96. The van der Waals surface area contributed by atoms with Gasteiger partial charge in [-0.05, 0) is 72.8 Å². The van der Waals surface area contributed by atoms with Crippen molar-refractivity contribution in [2.45, 2.75) is 52.9 Å². The molecule has 1 aromatic rings. The molecule has 2 rings (SSSR count). The van der Waals surface area contributed by atoms with Crippen molar-refractivity contribution in [2.75, 3.05) is 26.4 Å². The van der Waals surface area contributed by atoms with E-state index in [1.807, 2.05) is 32.1 Å². The number of hydrogen-bond acceptors (Lipinski definition) is 7.